The molecule has 2 aromatic rings. The molecule has 100 valence electrons. The van der Waals surface area contributed by atoms with Crippen molar-refractivity contribution in [3.8, 4) is 0 Å². The van der Waals surface area contributed by atoms with Gasteiger partial charge in [-0.15, -0.1) is 0 Å². The van der Waals surface area contributed by atoms with Crippen molar-refractivity contribution >= 4 is 27.4 Å². The molecule has 2 rings (SSSR count). The fourth-order valence-corrected chi connectivity index (χ4v) is 2.88. The van der Waals surface area contributed by atoms with Gasteiger partial charge in [-0.2, -0.15) is 0 Å². The first-order valence-electron chi connectivity index (χ1n) is 5.74. The molecule has 0 atom stereocenters. The lowest BCUT2D eigenvalue weighted by Gasteiger charge is -2.08. The van der Waals surface area contributed by atoms with Gasteiger partial charge in [-0.1, -0.05) is 24.6 Å². The second kappa shape index (κ2) is 5.59. The Morgan fingerprint density at radius 3 is 2.74 bits per heavy atom. The maximum absolute atomic E-state index is 12.1. The first kappa shape index (κ1) is 13.8. The van der Waals surface area contributed by atoms with Crippen LogP contribution in [0.4, 0.5) is 5.82 Å². The van der Waals surface area contributed by atoms with Crippen molar-refractivity contribution in [1.82, 2.24) is 4.98 Å². The first-order chi connectivity index (χ1) is 9.01. The van der Waals surface area contributed by atoms with Crippen molar-refractivity contribution in [3.63, 3.8) is 0 Å². The summed E-state index contributed by atoms with van der Waals surface area (Å²) in [6.07, 6.45) is 2.39. The van der Waals surface area contributed by atoms with Gasteiger partial charge < -0.3 is 0 Å². The van der Waals surface area contributed by atoms with Gasteiger partial charge in [-0.25, -0.2) is 13.4 Å². The molecular formula is C13H13ClN2O2S. The molecule has 19 heavy (non-hydrogen) atoms. The van der Waals surface area contributed by atoms with E-state index in [1.165, 1.54) is 12.1 Å². The number of benzene rings is 1. The molecule has 0 saturated carbocycles. The first-order valence-corrected chi connectivity index (χ1v) is 7.60. The number of halogens is 1. The Labute approximate surface area is 117 Å². The molecule has 1 aromatic heterocycles. The van der Waals surface area contributed by atoms with Crippen LogP contribution >= 0.6 is 11.6 Å². The lowest BCUT2D eigenvalue weighted by molar-refractivity contribution is 0.601. The van der Waals surface area contributed by atoms with Crippen LogP contribution in [0.1, 0.15) is 12.5 Å². The molecule has 0 fully saturated rings. The Kier molecular flexibility index (Phi) is 4.07. The molecule has 0 radical (unpaired) electrons. The van der Waals surface area contributed by atoms with Crippen LogP contribution < -0.4 is 4.72 Å². The molecule has 0 spiro atoms. The fourth-order valence-electron chi connectivity index (χ4n) is 1.58. The number of sulfonamides is 1. The minimum Gasteiger partial charge on any atom is -0.263 e. The summed E-state index contributed by atoms with van der Waals surface area (Å²) in [5, 5.41) is 0.373. The zero-order valence-corrected chi connectivity index (χ0v) is 11.9. The number of anilines is 1. The molecule has 6 heteroatoms. The van der Waals surface area contributed by atoms with E-state index in [1.54, 1.807) is 24.4 Å². The maximum Gasteiger partial charge on any atom is 0.263 e. The van der Waals surface area contributed by atoms with Crippen LogP contribution in [0, 0.1) is 0 Å². The Morgan fingerprint density at radius 2 is 2.05 bits per heavy atom. The summed E-state index contributed by atoms with van der Waals surface area (Å²) < 4.78 is 26.7. The topological polar surface area (TPSA) is 59.1 Å². The second-order valence-electron chi connectivity index (χ2n) is 3.97. The van der Waals surface area contributed by atoms with E-state index in [4.69, 9.17) is 11.6 Å². The Morgan fingerprint density at radius 1 is 1.26 bits per heavy atom. The third kappa shape index (κ3) is 3.45. The van der Waals surface area contributed by atoms with Gasteiger partial charge in [0.25, 0.3) is 10.0 Å². The minimum absolute atomic E-state index is 0.115. The lowest BCUT2D eigenvalue weighted by Crippen LogP contribution is -2.14. The largest absolute Gasteiger partial charge is 0.263 e. The number of rotatable bonds is 4. The number of aryl methyl sites for hydroxylation is 1. The highest BCUT2D eigenvalue weighted by molar-refractivity contribution is 7.92. The molecule has 0 aliphatic rings. The summed E-state index contributed by atoms with van der Waals surface area (Å²) in [4.78, 5) is 4.11. The number of nitrogens with one attached hydrogen (secondary N) is 1. The van der Waals surface area contributed by atoms with Crippen LogP contribution in [0.2, 0.25) is 5.02 Å². The summed E-state index contributed by atoms with van der Waals surface area (Å²) in [7, 11) is -3.66. The highest BCUT2D eigenvalue weighted by Gasteiger charge is 2.15. The average molecular weight is 297 g/mol. The van der Waals surface area contributed by atoms with Crippen molar-refractivity contribution in [2.45, 2.75) is 18.2 Å². The highest BCUT2D eigenvalue weighted by Crippen LogP contribution is 2.18. The number of nitrogens with zero attached hydrogens (tertiary/aromatic N) is 1. The quantitative estimate of drug-likeness (QED) is 0.943. The third-order valence-corrected chi connectivity index (χ3v) is 4.17. The van der Waals surface area contributed by atoms with Gasteiger partial charge in [0.15, 0.2) is 0 Å². The van der Waals surface area contributed by atoms with Crippen LogP contribution in [-0.2, 0) is 16.4 Å². The molecule has 0 aliphatic heterocycles. The normalized spacial score (nSPS) is 11.3. The fraction of sp³-hybridized carbons (Fsp3) is 0.154. The smallest absolute Gasteiger partial charge is 0.263 e. The van der Waals surface area contributed by atoms with Gasteiger partial charge >= 0.3 is 0 Å². The standard InChI is InChI=1S/C13H13ClN2O2S/c1-2-10-6-7-15-13(8-10)16-19(17,18)12-5-3-4-11(14)9-12/h3-9H,2H2,1H3,(H,15,16). The predicted octanol–water partition coefficient (Wildman–Crippen LogP) is 3.10. The summed E-state index contributed by atoms with van der Waals surface area (Å²) in [6.45, 7) is 1.99. The minimum atomic E-state index is -3.66. The van der Waals surface area contributed by atoms with Gasteiger partial charge in [0, 0.05) is 11.2 Å². The molecule has 0 saturated heterocycles. The summed E-state index contributed by atoms with van der Waals surface area (Å²) in [5.74, 6) is 0.305. The molecule has 0 bridgehead atoms. The average Bonchev–Trinajstić information content (AvgIpc) is 2.38. The van der Waals surface area contributed by atoms with Crippen molar-refractivity contribution in [3.05, 3.63) is 53.2 Å². The molecule has 1 heterocycles. The van der Waals surface area contributed by atoms with E-state index in [1.807, 2.05) is 13.0 Å². The number of hydrogen-bond acceptors (Lipinski definition) is 3. The van der Waals surface area contributed by atoms with E-state index in [9.17, 15) is 8.42 Å². The van der Waals surface area contributed by atoms with Gasteiger partial charge in [-0.05, 0) is 42.3 Å². The third-order valence-electron chi connectivity index (χ3n) is 2.58. The highest BCUT2D eigenvalue weighted by atomic mass is 35.5. The van der Waals surface area contributed by atoms with Crippen LogP contribution in [0.3, 0.4) is 0 Å². The summed E-state index contributed by atoms with van der Waals surface area (Å²) in [6, 6.07) is 9.65. The number of aromatic nitrogens is 1. The molecule has 0 unspecified atom stereocenters. The van der Waals surface area contributed by atoms with Crippen LogP contribution in [0.15, 0.2) is 47.5 Å². The van der Waals surface area contributed by atoms with Crippen LogP contribution in [-0.4, -0.2) is 13.4 Å². The Bertz CT molecular complexity index is 687. The van der Waals surface area contributed by atoms with Crippen molar-refractivity contribution in [1.29, 1.82) is 0 Å². The van der Waals surface area contributed by atoms with E-state index < -0.39 is 10.0 Å². The molecule has 1 N–H and O–H groups in total. The molecular weight excluding hydrogens is 284 g/mol. The van der Waals surface area contributed by atoms with Gasteiger partial charge in [0.2, 0.25) is 0 Å². The molecule has 0 amide bonds. The number of pyridine rings is 1. The molecule has 1 aromatic carbocycles. The van der Waals surface area contributed by atoms with E-state index in [-0.39, 0.29) is 4.90 Å². The summed E-state index contributed by atoms with van der Waals surface area (Å²) in [5.41, 5.74) is 1.01. The van der Waals surface area contributed by atoms with Crippen LogP contribution in [0.5, 0.6) is 0 Å². The van der Waals surface area contributed by atoms with Crippen molar-refractivity contribution < 1.29 is 8.42 Å². The Hall–Kier alpha value is -1.59. The van der Waals surface area contributed by atoms with Crippen LogP contribution in [0.25, 0.3) is 0 Å². The number of hydrogen-bond donors (Lipinski definition) is 1. The zero-order chi connectivity index (χ0) is 13.9. The molecule has 0 aliphatic carbocycles. The van der Waals surface area contributed by atoms with Gasteiger partial charge in [0.05, 0.1) is 4.90 Å². The lowest BCUT2D eigenvalue weighted by atomic mass is 10.2. The van der Waals surface area contributed by atoms with E-state index in [0.29, 0.717) is 10.8 Å². The van der Waals surface area contributed by atoms with Crippen molar-refractivity contribution in [2.24, 2.45) is 0 Å². The SMILES string of the molecule is CCc1ccnc(NS(=O)(=O)c2cccc(Cl)c2)c1. The maximum atomic E-state index is 12.1. The molecule has 4 nitrogen and oxygen atoms in total. The zero-order valence-electron chi connectivity index (χ0n) is 10.3. The van der Waals surface area contributed by atoms with Crippen molar-refractivity contribution in [2.75, 3.05) is 4.72 Å². The second-order valence-corrected chi connectivity index (χ2v) is 6.08. The van der Waals surface area contributed by atoms with E-state index in [2.05, 4.69) is 9.71 Å². The van der Waals surface area contributed by atoms with E-state index >= 15 is 0 Å². The van der Waals surface area contributed by atoms with Gasteiger partial charge in [0.1, 0.15) is 5.82 Å². The monoisotopic (exact) mass is 296 g/mol. The van der Waals surface area contributed by atoms with Gasteiger partial charge in [-0.3, -0.25) is 4.72 Å². The Balaban J connectivity index is 2.31. The predicted molar refractivity (Wildman–Crippen MR) is 75.9 cm³/mol. The van der Waals surface area contributed by atoms with E-state index in [0.717, 1.165) is 12.0 Å². The summed E-state index contributed by atoms with van der Waals surface area (Å²) >= 11 is 5.79.